The highest BCUT2D eigenvalue weighted by atomic mass is 32.2. The largest absolute Gasteiger partial charge is 0.465 e. The van der Waals surface area contributed by atoms with Crippen LogP contribution in [0.4, 0.5) is 0 Å². The number of hydrogen-bond donors (Lipinski definition) is 0. The average molecular weight is 324 g/mol. The number of carbonyl (C=O) groups excluding carboxylic acids is 1. The third-order valence-corrected chi connectivity index (χ3v) is 4.96. The number of ether oxygens (including phenoxy) is 1. The number of imidazole rings is 1. The van der Waals surface area contributed by atoms with Crippen LogP contribution in [0.1, 0.15) is 13.3 Å². The van der Waals surface area contributed by atoms with Crippen LogP contribution in [-0.4, -0.2) is 36.5 Å². The normalized spacial score (nSPS) is 17.5. The molecule has 2 aromatic rings. The molecular formula is C13H16N4O4S. The fourth-order valence-corrected chi connectivity index (χ4v) is 3.65. The fourth-order valence-electron chi connectivity index (χ4n) is 2.56. The average Bonchev–Trinajstić information content (AvgIpc) is 2.89. The molecule has 3 rings (SSSR count). The van der Waals surface area contributed by atoms with E-state index in [0.717, 1.165) is 4.57 Å². The number of aromatic nitrogens is 4. The van der Waals surface area contributed by atoms with Gasteiger partial charge in [0.25, 0.3) is 5.56 Å². The summed E-state index contributed by atoms with van der Waals surface area (Å²) in [6.45, 7) is 2.59. The Kier molecular flexibility index (Phi) is 3.59. The lowest BCUT2D eigenvalue weighted by Crippen LogP contribution is -2.37. The Balaban J connectivity index is 2.14. The molecule has 1 aliphatic rings. The lowest BCUT2D eigenvalue weighted by atomic mass is 10.3. The van der Waals surface area contributed by atoms with E-state index in [1.54, 1.807) is 18.5 Å². The van der Waals surface area contributed by atoms with Gasteiger partial charge in [0.2, 0.25) is 0 Å². The van der Waals surface area contributed by atoms with E-state index < -0.39 is 5.69 Å². The smallest absolute Gasteiger partial charge is 0.332 e. The van der Waals surface area contributed by atoms with Crippen molar-refractivity contribution in [3.63, 3.8) is 0 Å². The summed E-state index contributed by atoms with van der Waals surface area (Å²) in [6, 6.07) is 0. The van der Waals surface area contributed by atoms with Crippen molar-refractivity contribution in [1.29, 1.82) is 0 Å². The van der Waals surface area contributed by atoms with Crippen LogP contribution in [0.15, 0.2) is 14.7 Å². The topological polar surface area (TPSA) is 88.1 Å². The summed E-state index contributed by atoms with van der Waals surface area (Å²) in [5, 5.41) is 0.239. The number of thioether (sulfide) groups is 1. The van der Waals surface area contributed by atoms with Crippen LogP contribution in [0, 0.1) is 0 Å². The van der Waals surface area contributed by atoms with Crippen molar-refractivity contribution in [2.75, 3.05) is 6.61 Å². The van der Waals surface area contributed by atoms with Crippen molar-refractivity contribution in [2.45, 2.75) is 30.3 Å². The van der Waals surface area contributed by atoms with E-state index in [9.17, 15) is 14.4 Å². The van der Waals surface area contributed by atoms with Gasteiger partial charge in [0.1, 0.15) is 5.25 Å². The molecule has 0 saturated heterocycles. The molecule has 1 aliphatic heterocycles. The zero-order valence-electron chi connectivity index (χ0n) is 12.5. The van der Waals surface area contributed by atoms with Gasteiger partial charge in [-0.25, -0.2) is 9.78 Å². The van der Waals surface area contributed by atoms with Gasteiger partial charge in [-0.05, 0) is 13.3 Å². The number of rotatable bonds is 2. The molecule has 0 radical (unpaired) electrons. The van der Waals surface area contributed by atoms with Crippen LogP contribution in [0.5, 0.6) is 0 Å². The number of hydrogen-bond acceptors (Lipinski definition) is 6. The maximum atomic E-state index is 12.3. The van der Waals surface area contributed by atoms with Crippen LogP contribution in [0.3, 0.4) is 0 Å². The van der Waals surface area contributed by atoms with E-state index in [1.165, 1.54) is 23.4 Å². The van der Waals surface area contributed by atoms with Crippen LogP contribution < -0.4 is 11.2 Å². The van der Waals surface area contributed by atoms with E-state index in [0.29, 0.717) is 35.9 Å². The van der Waals surface area contributed by atoms with Crippen LogP contribution in [0.2, 0.25) is 0 Å². The van der Waals surface area contributed by atoms with Crippen molar-refractivity contribution < 1.29 is 9.53 Å². The lowest BCUT2D eigenvalue weighted by Gasteiger charge is -2.21. The van der Waals surface area contributed by atoms with Gasteiger partial charge in [-0.2, -0.15) is 0 Å². The molecule has 0 saturated carbocycles. The van der Waals surface area contributed by atoms with Gasteiger partial charge < -0.3 is 9.30 Å². The fraction of sp³-hybridized carbons (Fsp3) is 0.538. The molecule has 3 heterocycles. The van der Waals surface area contributed by atoms with Gasteiger partial charge in [-0.1, -0.05) is 11.8 Å². The summed E-state index contributed by atoms with van der Waals surface area (Å²) in [4.78, 5) is 40.5. The highest BCUT2D eigenvalue weighted by Gasteiger charge is 2.30. The van der Waals surface area contributed by atoms with Crippen LogP contribution in [0.25, 0.3) is 11.2 Å². The maximum Gasteiger partial charge on any atom is 0.332 e. The SMILES string of the molecule is CCOC(=O)[C@@H]1CCn2c(nc3c2c(=O)n(C)c(=O)n3C)S1. The quantitative estimate of drug-likeness (QED) is 0.715. The van der Waals surface area contributed by atoms with E-state index in [4.69, 9.17) is 4.74 Å². The van der Waals surface area contributed by atoms with E-state index in [1.807, 2.05) is 0 Å². The summed E-state index contributed by atoms with van der Waals surface area (Å²) in [5.41, 5.74) is -0.0403. The first-order valence-electron chi connectivity index (χ1n) is 6.95. The molecule has 0 amide bonds. The summed E-state index contributed by atoms with van der Waals surface area (Å²) in [6.07, 6.45) is 0.563. The second-order valence-corrected chi connectivity index (χ2v) is 6.24. The molecule has 0 aliphatic carbocycles. The molecular weight excluding hydrogens is 308 g/mol. The predicted octanol–water partition coefficient (Wildman–Crippen LogP) is -0.139. The molecule has 0 N–H and O–H groups in total. The molecule has 8 nitrogen and oxygen atoms in total. The Labute approximate surface area is 129 Å². The maximum absolute atomic E-state index is 12.3. The second kappa shape index (κ2) is 5.31. The first-order chi connectivity index (χ1) is 10.5. The van der Waals surface area contributed by atoms with Crippen molar-refractivity contribution in [1.82, 2.24) is 18.7 Å². The lowest BCUT2D eigenvalue weighted by molar-refractivity contribution is -0.142. The minimum Gasteiger partial charge on any atom is -0.465 e. The third kappa shape index (κ3) is 2.07. The molecule has 0 fully saturated rings. The highest BCUT2D eigenvalue weighted by molar-refractivity contribution is 8.00. The number of nitrogens with zero attached hydrogens (tertiary/aromatic N) is 4. The molecule has 0 unspecified atom stereocenters. The number of carbonyl (C=O) groups is 1. The Bertz CT molecular complexity index is 879. The summed E-state index contributed by atoms with van der Waals surface area (Å²) < 4.78 is 9.23. The zero-order chi connectivity index (χ0) is 16.0. The first-order valence-corrected chi connectivity index (χ1v) is 7.83. The minimum absolute atomic E-state index is 0.271. The van der Waals surface area contributed by atoms with Gasteiger partial charge in [0.05, 0.1) is 6.61 Å². The van der Waals surface area contributed by atoms with Crippen molar-refractivity contribution in [3.8, 4) is 0 Å². The Morgan fingerprint density at radius 3 is 2.77 bits per heavy atom. The van der Waals surface area contributed by atoms with Gasteiger partial charge in [-0.3, -0.25) is 18.7 Å². The highest BCUT2D eigenvalue weighted by Crippen LogP contribution is 2.33. The van der Waals surface area contributed by atoms with Crippen LogP contribution in [-0.2, 0) is 30.2 Å². The van der Waals surface area contributed by atoms with Crippen molar-refractivity contribution in [3.05, 3.63) is 20.8 Å². The Morgan fingerprint density at radius 2 is 2.09 bits per heavy atom. The van der Waals surface area contributed by atoms with E-state index in [-0.39, 0.29) is 16.8 Å². The second-order valence-electron chi connectivity index (χ2n) is 5.07. The zero-order valence-corrected chi connectivity index (χ0v) is 13.3. The molecule has 1 atom stereocenters. The number of fused-ring (bicyclic) bond motifs is 3. The standard InChI is InChI=1S/C13H16N4O4S/c1-4-21-11(19)7-5-6-17-8-9(14-12(17)22-7)15(2)13(20)16(3)10(8)18/h7H,4-6H2,1-3H3/t7-/m0/s1. The van der Waals surface area contributed by atoms with E-state index in [2.05, 4.69) is 4.98 Å². The minimum atomic E-state index is -0.417. The van der Waals surface area contributed by atoms with Gasteiger partial charge in [-0.15, -0.1) is 0 Å². The molecule has 118 valence electrons. The molecule has 0 bridgehead atoms. The number of aryl methyl sites for hydroxylation is 2. The summed E-state index contributed by atoms with van der Waals surface area (Å²) >= 11 is 1.27. The van der Waals surface area contributed by atoms with E-state index >= 15 is 0 Å². The molecule has 0 spiro atoms. The van der Waals surface area contributed by atoms with Crippen molar-refractivity contribution >= 4 is 28.9 Å². The molecule has 2 aromatic heterocycles. The Hall–Kier alpha value is -2.03. The summed E-state index contributed by atoms with van der Waals surface area (Å²) in [7, 11) is 3.03. The van der Waals surface area contributed by atoms with Gasteiger partial charge in [0.15, 0.2) is 16.3 Å². The Morgan fingerprint density at radius 1 is 1.36 bits per heavy atom. The molecule has 22 heavy (non-hydrogen) atoms. The first kappa shape index (κ1) is 14.9. The van der Waals surface area contributed by atoms with Gasteiger partial charge >= 0.3 is 11.7 Å². The third-order valence-electron chi connectivity index (χ3n) is 3.72. The number of esters is 1. The van der Waals surface area contributed by atoms with Crippen LogP contribution >= 0.6 is 11.8 Å². The van der Waals surface area contributed by atoms with Gasteiger partial charge in [0, 0.05) is 20.6 Å². The summed E-state index contributed by atoms with van der Waals surface area (Å²) in [5.74, 6) is -0.271. The molecule has 9 heteroatoms. The predicted molar refractivity (Wildman–Crippen MR) is 81.1 cm³/mol. The monoisotopic (exact) mass is 324 g/mol. The molecule has 0 aromatic carbocycles. The van der Waals surface area contributed by atoms with Crippen molar-refractivity contribution in [2.24, 2.45) is 14.1 Å².